The molecule has 0 aromatic carbocycles. The molecule has 0 radical (unpaired) electrons. The lowest BCUT2D eigenvalue weighted by Gasteiger charge is -2.13. The van der Waals surface area contributed by atoms with Gasteiger partial charge in [-0.15, -0.1) is 5.10 Å². The minimum absolute atomic E-state index is 0.106. The van der Waals surface area contributed by atoms with Gasteiger partial charge < -0.3 is 15.7 Å². The van der Waals surface area contributed by atoms with Crippen molar-refractivity contribution in [1.82, 2.24) is 25.6 Å². The number of nitrogens with one attached hydrogen (secondary N) is 2. The maximum absolute atomic E-state index is 11.6. The number of carboxylic acid groups (broad SMARTS) is 1. The predicted molar refractivity (Wildman–Crippen MR) is 73.9 cm³/mol. The summed E-state index contributed by atoms with van der Waals surface area (Å²) in [6.07, 6.45) is 5.67. The number of carbonyl (C=O) groups is 2. The molecule has 0 aliphatic heterocycles. The number of urea groups is 1. The van der Waals surface area contributed by atoms with Crippen molar-refractivity contribution in [2.24, 2.45) is 0 Å². The maximum Gasteiger partial charge on any atom is 0.358 e. The van der Waals surface area contributed by atoms with E-state index < -0.39 is 5.97 Å². The van der Waals surface area contributed by atoms with E-state index in [-0.39, 0.29) is 16.5 Å². The molecular weight excluding hydrogens is 282 g/mol. The molecule has 0 spiro atoms. The SMILES string of the molecule is CSC1(CNC(=O)NCCn2cc(C(=O)O)nn2)CC1. The molecule has 1 aromatic rings. The summed E-state index contributed by atoms with van der Waals surface area (Å²) in [5, 5.41) is 21.4. The minimum atomic E-state index is -1.12. The van der Waals surface area contributed by atoms with Gasteiger partial charge in [-0.25, -0.2) is 14.3 Å². The second kappa shape index (κ2) is 6.12. The molecule has 0 unspecified atom stereocenters. The smallest absolute Gasteiger partial charge is 0.358 e. The van der Waals surface area contributed by atoms with Crippen molar-refractivity contribution in [2.75, 3.05) is 19.3 Å². The van der Waals surface area contributed by atoms with Crippen LogP contribution in [0, 0.1) is 0 Å². The summed E-state index contributed by atoms with van der Waals surface area (Å²) in [6, 6.07) is -0.219. The van der Waals surface area contributed by atoms with Crippen LogP contribution in [0.15, 0.2) is 6.20 Å². The molecule has 1 aliphatic carbocycles. The number of hydrogen-bond donors (Lipinski definition) is 3. The lowest BCUT2D eigenvalue weighted by molar-refractivity contribution is 0.0690. The number of thioether (sulfide) groups is 1. The monoisotopic (exact) mass is 299 g/mol. The number of carboxylic acids is 1. The predicted octanol–water partition coefficient (Wildman–Crippen LogP) is 0.171. The first-order valence-electron chi connectivity index (χ1n) is 6.25. The van der Waals surface area contributed by atoms with Crippen LogP contribution in [0.5, 0.6) is 0 Å². The van der Waals surface area contributed by atoms with Gasteiger partial charge in [0.05, 0.1) is 12.7 Å². The first-order chi connectivity index (χ1) is 9.54. The Hall–Kier alpha value is -1.77. The Labute approximate surface area is 120 Å². The van der Waals surface area contributed by atoms with E-state index in [4.69, 9.17) is 5.11 Å². The molecule has 0 bridgehead atoms. The molecule has 1 heterocycles. The molecule has 1 saturated carbocycles. The van der Waals surface area contributed by atoms with Crippen molar-refractivity contribution >= 4 is 23.8 Å². The van der Waals surface area contributed by atoms with Gasteiger partial charge in [-0.1, -0.05) is 5.21 Å². The number of aromatic carboxylic acids is 1. The summed E-state index contributed by atoms with van der Waals surface area (Å²) in [5.41, 5.74) is -0.106. The quantitative estimate of drug-likeness (QED) is 0.662. The van der Waals surface area contributed by atoms with Crippen molar-refractivity contribution in [3.8, 4) is 0 Å². The minimum Gasteiger partial charge on any atom is -0.476 e. The van der Waals surface area contributed by atoms with Gasteiger partial charge >= 0.3 is 12.0 Å². The van der Waals surface area contributed by atoms with E-state index in [2.05, 4.69) is 27.2 Å². The molecule has 2 amide bonds. The van der Waals surface area contributed by atoms with Crippen molar-refractivity contribution in [2.45, 2.75) is 24.1 Å². The van der Waals surface area contributed by atoms with E-state index in [0.29, 0.717) is 19.6 Å². The van der Waals surface area contributed by atoms with E-state index in [1.807, 2.05) is 0 Å². The van der Waals surface area contributed by atoms with Gasteiger partial charge in [0.25, 0.3) is 0 Å². The molecule has 0 saturated heterocycles. The number of aromatic nitrogens is 3. The summed E-state index contributed by atoms with van der Waals surface area (Å²) in [7, 11) is 0. The summed E-state index contributed by atoms with van der Waals surface area (Å²) in [5.74, 6) is -1.12. The maximum atomic E-state index is 11.6. The van der Waals surface area contributed by atoms with Crippen LogP contribution in [0.1, 0.15) is 23.3 Å². The highest BCUT2D eigenvalue weighted by Crippen LogP contribution is 2.46. The van der Waals surface area contributed by atoms with Gasteiger partial charge in [-0.3, -0.25) is 0 Å². The average Bonchev–Trinajstić information content (AvgIpc) is 3.06. The zero-order valence-corrected chi connectivity index (χ0v) is 11.9. The van der Waals surface area contributed by atoms with Crippen LogP contribution in [0.2, 0.25) is 0 Å². The van der Waals surface area contributed by atoms with Crippen LogP contribution in [0.25, 0.3) is 0 Å². The molecule has 1 aliphatic rings. The van der Waals surface area contributed by atoms with Crippen LogP contribution in [-0.4, -0.2) is 56.2 Å². The van der Waals surface area contributed by atoms with Gasteiger partial charge in [0.2, 0.25) is 0 Å². The number of amides is 2. The van der Waals surface area contributed by atoms with Crippen LogP contribution < -0.4 is 10.6 Å². The van der Waals surface area contributed by atoms with E-state index in [9.17, 15) is 9.59 Å². The summed E-state index contributed by atoms with van der Waals surface area (Å²) in [6.45, 7) is 1.41. The van der Waals surface area contributed by atoms with Crippen molar-refractivity contribution < 1.29 is 14.7 Å². The van der Waals surface area contributed by atoms with Gasteiger partial charge in [0.15, 0.2) is 5.69 Å². The van der Waals surface area contributed by atoms with Gasteiger partial charge in [-0.05, 0) is 19.1 Å². The van der Waals surface area contributed by atoms with Crippen LogP contribution in [0.4, 0.5) is 4.79 Å². The fraction of sp³-hybridized carbons (Fsp3) is 0.636. The zero-order valence-electron chi connectivity index (χ0n) is 11.1. The number of rotatable bonds is 7. The zero-order chi connectivity index (χ0) is 14.6. The van der Waals surface area contributed by atoms with Crippen LogP contribution in [-0.2, 0) is 6.54 Å². The topological polar surface area (TPSA) is 109 Å². The van der Waals surface area contributed by atoms with Gasteiger partial charge in [-0.2, -0.15) is 11.8 Å². The third kappa shape index (κ3) is 3.86. The van der Waals surface area contributed by atoms with E-state index in [1.165, 1.54) is 10.9 Å². The number of nitrogens with zero attached hydrogens (tertiary/aromatic N) is 3. The van der Waals surface area contributed by atoms with Crippen molar-refractivity contribution in [3.05, 3.63) is 11.9 Å². The Morgan fingerprint density at radius 1 is 1.50 bits per heavy atom. The number of carbonyl (C=O) groups excluding carboxylic acids is 1. The van der Waals surface area contributed by atoms with Crippen LogP contribution in [0.3, 0.4) is 0 Å². The molecule has 9 heteroatoms. The Balaban J connectivity index is 1.64. The van der Waals surface area contributed by atoms with Gasteiger partial charge in [0.1, 0.15) is 0 Å². The molecule has 1 aromatic heterocycles. The average molecular weight is 299 g/mol. The third-order valence-corrected chi connectivity index (χ3v) is 4.61. The second-order valence-electron chi connectivity index (χ2n) is 4.67. The van der Waals surface area contributed by atoms with Crippen molar-refractivity contribution in [1.29, 1.82) is 0 Å². The largest absolute Gasteiger partial charge is 0.476 e. The Morgan fingerprint density at radius 3 is 2.80 bits per heavy atom. The molecule has 0 atom stereocenters. The molecule has 2 rings (SSSR count). The normalized spacial score (nSPS) is 15.7. The second-order valence-corrected chi connectivity index (χ2v) is 5.94. The lowest BCUT2D eigenvalue weighted by Crippen LogP contribution is -2.40. The highest BCUT2D eigenvalue weighted by Gasteiger charge is 2.41. The Kier molecular flexibility index (Phi) is 4.48. The molecule has 110 valence electrons. The lowest BCUT2D eigenvalue weighted by atomic mass is 10.4. The van der Waals surface area contributed by atoms with E-state index in [1.54, 1.807) is 11.8 Å². The Morgan fingerprint density at radius 2 is 2.25 bits per heavy atom. The van der Waals surface area contributed by atoms with E-state index in [0.717, 1.165) is 12.8 Å². The Bertz CT molecular complexity index is 500. The summed E-state index contributed by atoms with van der Waals surface area (Å²) < 4.78 is 1.62. The van der Waals surface area contributed by atoms with Crippen molar-refractivity contribution in [3.63, 3.8) is 0 Å². The fourth-order valence-electron chi connectivity index (χ4n) is 1.69. The third-order valence-electron chi connectivity index (χ3n) is 3.20. The molecule has 20 heavy (non-hydrogen) atoms. The highest BCUT2D eigenvalue weighted by molar-refractivity contribution is 8.00. The fourth-order valence-corrected chi connectivity index (χ4v) is 2.41. The first kappa shape index (κ1) is 14.6. The highest BCUT2D eigenvalue weighted by atomic mass is 32.2. The summed E-state index contributed by atoms with van der Waals surface area (Å²) >= 11 is 1.79. The molecule has 1 fully saturated rings. The standard InChI is InChI=1S/C11H17N5O3S/c1-20-11(2-3-11)7-13-10(19)12-4-5-16-6-8(9(17)18)14-15-16/h6H,2-5,7H2,1H3,(H,17,18)(H2,12,13,19). The summed E-state index contributed by atoms with van der Waals surface area (Å²) in [4.78, 5) is 22.2. The van der Waals surface area contributed by atoms with E-state index >= 15 is 0 Å². The number of hydrogen-bond acceptors (Lipinski definition) is 5. The molecule has 8 nitrogen and oxygen atoms in total. The molecule has 3 N–H and O–H groups in total. The molecular formula is C11H17N5O3S. The first-order valence-corrected chi connectivity index (χ1v) is 7.47. The van der Waals surface area contributed by atoms with Crippen LogP contribution >= 0.6 is 11.8 Å². The van der Waals surface area contributed by atoms with Gasteiger partial charge in [0, 0.05) is 17.8 Å².